The highest BCUT2D eigenvalue weighted by molar-refractivity contribution is 14.1. The van der Waals surface area contributed by atoms with Crippen molar-refractivity contribution in [3.8, 4) is 0 Å². The van der Waals surface area contributed by atoms with Crippen molar-refractivity contribution in [2.45, 2.75) is 20.3 Å². The van der Waals surface area contributed by atoms with Gasteiger partial charge in [-0.1, -0.05) is 5.16 Å². The van der Waals surface area contributed by atoms with E-state index in [0.717, 1.165) is 20.1 Å². The number of aryl methyl sites for hydroxylation is 2. The zero-order chi connectivity index (χ0) is 18.1. The predicted octanol–water partition coefficient (Wildman–Crippen LogP) is 3.93. The lowest BCUT2D eigenvalue weighted by molar-refractivity contribution is -0.115. The molecular formula is C18H15IN2O4. The summed E-state index contributed by atoms with van der Waals surface area (Å²) < 4.78 is 6.07. The maximum Gasteiger partial charge on any atom is 0.337 e. The molecule has 0 bridgehead atoms. The second-order valence-corrected chi connectivity index (χ2v) is 7.03. The van der Waals surface area contributed by atoms with Gasteiger partial charge < -0.3 is 14.9 Å². The van der Waals surface area contributed by atoms with Gasteiger partial charge in [0.15, 0.2) is 5.58 Å². The molecule has 3 rings (SSSR count). The number of halogens is 1. The van der Waals surface area contributed by atoms with Gasteiger partial charge in [-0.05, 0) is 77.9 Å². The van der Waals surface area contributed by atoms with Crippen LogP contribution < -0.4 is 5.32 Å². The minimum atomic E-state index is -1.09. The van der Waals surface area contributed by atoms with Gasteiger partial charge in [-0.2, -0.15) is 0 Å². The van der Waals surface area contributed by atoms with E-state index >= 15 is 0 Å². The van der Waals surface area contributed by atoms with Gasteiger partial charge in [-0.15, -0.1) is 0 Å². The first-order chi connectivity index (χ1) is 11.8. The second-order valence-electron chi connectivity index (χ2n) is 5.78. The Bertz CT molecular complexity index is 994. The molecular weight excluding hydrogens is 435 g/mol. The molecule has 0 aliphatic rings. The van der Waals surface area contributed by atoms with Crippen LogP contribution in [0.2, 0.25) is 0 Å². The SMILES string of the molecule is Cc1cc2onc(CC(=O)Nc3ccc(I)cc3C(=O)O)c2cc1C. The molecule has 0 saturated heterocycles. The van der Waals surface area contributed by atoms with Crippen molar-refractivity contribution in [2.24, 2.45) is 0 Å². The van der Waals surface area contributed by atoms with E-state index in [-0.39, 0.29) is 23.6 Å². The quantitative estimate of drug-likeness (QED) is 0.588. The number of amides is 1. The molecule has 0 fully saturated rings. The van der Waals surface area contributed by atoms with Crippen LogP contribution in [0, 0.1) is 17.4 Å². The molecule has 1 heterocycles. The Balaban J connectivity index is 1.84. The van der Waals surface area contributed by atoms with Crippen LogP contribution in [0.3, 0.4) is 0 Å². The number of carbonyl (C=O) groups excluding carboxylic acids is 1. The molecule has 6 nitrogen and oxygen atoms in total. The summed E-state index contributed by atoms with van der Waals surface area (Å²) >= 11 is 2.02. The number of nitrogens with zero attached hydrogens (tertiary/aromatic N) is 1. The van der Waals surface area contributed by atoms with Crippen molar-refractivity contribution in [2.75, 3.05) is 5.32 Å². The van der Waals surface area contributed by atoms with Gasteiger partial charge in [-0.25, -0.2) is 4.79 Å². The fourth-order valence-electron chi connectivity index (χ4n) is 2.52. The summed E-state index contributed by atoms with van der Waals surface area (Å²) in [6.07, 6.45) is 0.000542. The average Bonchev–Trinajstić information content (AvgIpc) is 2.91. The van der Waals surface area contributed by atoms with E-state index in [1.807, 2.05) is 48.6 Å². The lowest BCUT2D eigenvalue weighted by Crippen LogP contribution is -2.17. The van der Waals surface area contributed by atoms with Gasteiger partial charge in [0.05, 0.1) is 17.7 Å². The van der Waals surface area contributed by atoms with E-state index < -0.39 is 5.97 Å². The van der Waals surface area contributed by atoms with Crippen LogP contribution in [0.1, 0.15) is 27.2 Å². The molecule has 0 aliphatic heterocycles. The zero-order valence-electron chi connectivity index (χ0n) is 13.6. The summed E-state index contributed by atoms with van der Waals surface area (Å²) in [6.45, 7) is 3.96. The summed E-state index contributed by atoms with van der Waals surface area (Å²) in [5, 5.41) is 16.7. The lowest BCUT2D eigenvalue weighted by atomic mass is 10.1. The Morgan fingerprint density at radius 1 is 1.20 bits per heavy atom. The fraction of sp³-hybridized carbons (Fsp3) is 0.167. The Labute approximate surface area is 157 Å². The third kappa shape index (κ3) is 3.65. The lowest BCUT2D eigenvalue weighted by Gasteiger charge is -2.08. The Hall–Kier alpha value is -2.42. The number of rotatable bonds is 4. The number of hydrogen-bond donors (Lipinski definition) is 2. The average molecular weight is 450 g/mol. The molecule has 0 unspecified atom stereocenters. The van der Waals surface area contributed by atoms with Gasteiger partial charge in [0.2, 0.25) is 5.91 Å². The number of carboxylic acids is 1. The standard InChI is InChI=1S/C18H15IN2O4/c1-9-5-12-15(21-25-16(12)6-10(9)2)8-17(22)20-14-4-3-11(19)7-13(14)18(23)24/h3-7H,8H2,1-2H3,(H,20,22)(H,23,24). The highest BCUT2D eigenvalue weighted by atomic mass is 127. The first kappa shape index (κ1) is 17.4. The minimum Gasteiger partial charge on any atom is -0.478 e. The van der Waals surface area contributed by atoms with Crippen molar-refractivity contribution >= 4 is 51.1 Å². The number of aromatic carboxylic acids is 1. The van der Waals surface area contributed by atoms with E-state index in [1.54, 1.807) is 12.1 Å². The third-order valence-electron chi connectivity index (χ3n) is 3.98. The van der Waals surface area contributed by atoms with Gasteiger partial charge in [0, 0.05) is 8.96 Å². The molecule has 0 aliphatic carbocycles. The monoisotopic (exact) mass is 450 g/mol. The van der Waals surface area contributed by atoms with E-state index in [2.05, 4.69) is 10.5 Å². The van der Waals surface area contributed by atoms with Crippen LogP contribution >= 0.6 is 22.6 Å². The van der Waals surface area contributed by atoms with Gasteiger partial charge in [0.25, 0.3) is 0 Å². The number of carbonyl (C=O) groups is 2. The van der Waals surface area contributed by atoms with Crippen molar-refractivity contribution in [1.82, 2.24) is 5.16 Å². The van der Waals surface area contributed by atoms with E-state index in [4.69, 9.17) is 4.52 Å². The third-order valence-corrected chi connectivity index (χ3v) is 4.65. The molecule has 0 radical (unpaired) electrons. The maximum atomic E-state index is 12.3. The topological polar surface area (TPSA) is 92.4 Å². The van der Waals surface area contributed by atoms with Crippen molar-refractivity contribution < 1.29 is 19.2 Å². The van der Waals surface area contributed by atoms with Crippen LogP contribution in [0.4, 0.5) is 5.69 Å². The second kappa shape index (κ2) is 6.83. The number of carboxylic acid groups (broad SMARTS) is 1. The summed E-state index contributed by atoms with van der Waals surface area (Å²) in [6, 6.07) is 8.66. The Kier molecular flexibility index (Phi) is 4.76. The van der Waals surface area contributed by atoms with Crippen molar-refractivity contribution in [3.63, 3.8) is 0 Å². The first-order valence-corrected chi connectivity index (χ1v) is 8.61. The van der Waals surface area contributed by atoms with E-state index in [0.29, 0.717) is 11.3 Å². The molecule has 2 aromatic carbocycles. The highest BCUT2D eigenvalue weighted by Crippen LogP contribution is 2.24. The molecule has 1 amide bonds. The van der Waals surface area contributed by atoms with Crippen LogP contribution in [0.5, 0.6) is 0 Å². The Morgan fingerprint density at radius 3 is 2.64 bits per heavy atom. The first-order valence-electron chi connectivity index (χ1n) is 7.53. The van der Waals surface area contributed by atoms with Crippen molar-refractivity contribution in [3.05, 3.63) is 56.3 Å². The van der Waals surface area contributed by atoms with E-state index in [9.17, 15) is 14.7 Å². The summed E-state index contributed by atoms with van der Waals surface area (Å²) in [5.41, 5.74) is 3.65. The predicted molar refractivity (Wildman–Crippen MR) is 102 cm³/mol. The highest BCUT2D eigenvalue weighted by Gasteiger charge is 2.16. The summed E-state index contributed by atoms with van der Waals surface area (Å²) in [4.78, 5) is 23.7. The summed E-state index contributed by atoms with van der Waals surface area (Å²) in [7, 11) is 0. The number of fused-ring (bicyclic) bond motifs is 1. The number of nitrogens with one attached hydrogen (secondary N) is 1. The molecule has 0 saturated carbocycles. The fourth-order valence-corrected chi connectivity index (χ4v) is 3.01. The molecule has 7 heteroatoms. The van der Waals surface area contributed by atoms with Crippen LogP contribution in [-0.2, 0) is 11.2 Å². The largest absolute Gasteiger partial charge is 0.478 e. The number of anilines is 1. The normalized spacial score (nSPS) is 10.8. The minimum absolute atomic E-state index is 0.000542. The van der Waals surface area contributed by atoms with Crippen LogP contribution in [-0.4, -0.2) is 22.1 Å². The van der Waals surface area contributed by atoms with E-state index in [1.165, 1.54) is 6.07 Å². The Morgan fingerprint density at radius 2 is 1.92 bits per heavy atom. The maximum absolute atomic E-state index is 12.3. The zero-order valence-corrected chi connectivity index (χ0v) is 15.7. The van der Waals surface area contributed by atoms with Gasteiger partial charge >= 0.3 is 5.97 Å². The smallest absolute Gasteiger partial charge is 0.337 e. The molecule has 128 valence electrons. The number of benzene rings is 2. The van der Waals surface area contributed by atoms with Crippen LogP contribution in [0.25, 0.3) is 11.0 Å². The van der Waals surface area contributed by atoms with Crippen LogP contribution in [0.15, 0.2) is 34.9 Å². The molecule has 0 atom stereocenters. The van der Waals surface area contributed by atoms with Gasteiger partial charge in [0.1, 0.15) is 5.69 Å². The van der Waals surface area contributed by atoms with Gasteiger partial charge in [-0.3, -0.25) is 4.79 Å². The summed E-state index contributed by atoms with van der Waals surface area (Å²) in [5.74, 6) is -1.44. The number of hydrogen-bond acceptors (Lipinski definition) is 4. The molecule has 2 N–H and O–H groups in total. The molecule has 1 aromatic heterocycles. The van der Waals surface area contributed by atoms with Crippen molar-refractivity contribution in [1.29, 1.82) is 0 Å². The number of aromatic nitrogens is 1. The molecule has 25 heavy (non-hydrogen) atoms. The molecule has 3 aromatic rings. The molecule has 0 spiro atoms.